The smallest absolute Gasteiger partial charge is 0.0744 e. The second kappa shape index (κ2) is 2.31. The molecule has 0 aliphatic carbocycles. The Hall–Kier alpha value is -0.0400. The molecule has 0 atom stereocenters. The van der Waals surface area contributed by atoms with Crippen molar-refractivity contribution in [1.82, 2.24) is 0 Å². The van der Waals surface area contributed by atoms with Gasteiger partial charge in [-0.25, -0.2) is 0 Å². The van der Waals surface area contributed by atoms with Gasteiger partial charge in [0.15, 0.2) is 0 Å². The average molecular weight is 102 g/mol. The van der Waals surface area contributed by atoms with E-state index in [-0.39, 0.29) is 0 Å². The number of quaternary nitrogens is 1. The second-order valence-corrected chi connectivity index (χ2v) is 3.16. The molecule has 0 heterocycles. The minimum Gasteiger partial charge on any atom is -0.358 e. The SMILES string of the molecule is CC(C)(C)CC[NH3+]. The van der Waals surface area contributed by atoms with E-state index >= 15 is 0 Å². The van der Waals surface area contributed by atoms with Crippen molar-refractivity contribution in [2.75, 3.05) is 6.54 Å². The van der Waals surface area contributed by atoms with Crippen LogP contribution in [0.5, 0.6) is 0 Å². The first kappa shape index (κ1) is 6.96. The molecule has 44 valence electrons. The maximum Gasteiger partial charge on any atom is 0.0744 e. The van der Waals surface area contributed by atoms with Gasteiger partial charge in [0.1, 0.15) is 0 Å². The van der Waals surface area contributed by atoms with Gasteiger partial charge in [-0.15, -0.1) is 0 Å². The zero-order valence-electron chi connectivity index (χ0n) is 5.62. The molecule has 1 heteroatoms. The average Bonchev–Trinajstić information content (AvgIpc) is 1.30. The van der Waals surface area contributed by atoms with E-state index in [9.17, 15) is 0 Å². The van der Waals surface area contributed by atoms with E-state index in [1.807, 2.05) is 0 Å². The molecule has 0 bridgehead atoms. The third-order valence-corrected chi connectivity index (χ3v) is 0.927. The molecule has 0 aliphatic heterocycles. The molecule has 0 unspecified atom stereocenters. The highest BCUT2D eigenvalue weighted by atomic mass is 14.5. The molecule has 3 N–H and O–H groups in total. The largest absolute Gasteiger partial charge is 0.358 e. The van der Waals surface area contributed by atoms with Crippen LogP contribution in [0.4, 0.5) is 0 Å². The fraction of sp³-hybridized carbons (Fsp3) is 1.00. The highest BCUT2D eigenvalue weighted by molar-refractivity contribution is 4.58. The lowest BCUT2D eigenvalue weighted by molar-refractivity contribution is -0.371. The van der Waals surface area contributed by atoms with Crippen molar-refractivity contribution < 1.29 is 5.73 Å². The van der Waals surface area contributed by atoms with Gasteiger partial charge in [0.05, 0.1) is 6.54 Å². The van der Waals surface area contributed by atoms with Gasteiger partial charge in [0, 0.05) is 6.42 Å². The summed E-state index contributed by atoms with van der Waals surface area (Å²) in [7, 11) is 0. The van der Waals surface area contributed by atoms with Crippen molar-refractivity contribution in [3.63, 3.8) is 0 Å². The van der Waals surface area contributed by atoms with Crippen LogP contribution >= 0.6 is 0 Å². The topological polar surface area (TPSA) is 27.6 Å². The lowest BCUT2D eigenvalue weighted by Gasteiger charge is -2.13. The first-order chi connectivity index (χ1) is 3.06. The molecular formula is C6H16N+. The van der Waals surface area contributed by atoms with E-state index in [1.165, 1.54) is 6.42 Å². The van der Waals surface area contributed by atoms with Crippen molar-refractivity contribution in [3.8, 4) is 0 Å². The van der Waals surface area contributed by atoms with Crippen LogP contribution in [-0.2, 0) is 0 Å². The minimum atomic E-state index is 0.488. The quantitative estimate of drug-likeness (QED) is 0.504. The van der Waals surface area contributed by atoms with Gasteiger partial charge in [-0.05, 0) is 5.41 Å². The molecule has 0 fully saturated rings. The van der Waals surface area contributed by atoms with Gasteiger partial charge in [-0.2, -0.15) is 0 Å². The molecule has 0 radical (unpaired) electrons. The van der Waals surface area contributed by atoms with Gasteiger partial charge >= 0.3 is 0 Å². The van der Waals surface area contributed by atoms with Crippen LogP contribution in [-0.4, -0.2) is 6.54 Å². The Balaban J connectivity index is 3.15. The van der Waals surface area contributed by atoms with E-state index in [0.29, 0.717) is 5.41 Å². The van der Waals surface area contributed by atoms with Gasteiger partial charge in [-0.3, -0.25) is 0 Å². The molecule has 0 aromatic heterocycles. The summed E-state index contributed by atoms with van der Waals surface area (Å²) in [6.45, 7) is 7.76. The van der Waals surface area contributed by atoms with E-state index in [1.54, 1.807) is 0 Å². The van der Waals surface area contributed by atoms with Crippen molar-refractivity contribution >= 4 is 0 Å². The summed E-state index contributed by atoms with van der Waals surface area (Å²) in [5, 5.41) is 0. The van der Waals surface area contributed by atoms with Gasteiger partial charge in [0.2, 0.25) is 0 Å². The predicted octanol–water partition coefficient (Wildman–Crippen LogP) is 0.665. The number of rotatable bonds is 1. The fourth-order valence-electron chi connectivity index (χ4n) is 0.530. The molecule has 7 heavy (non-hydrogen) atoms. The molecule has 0 saturated heterocycles. The van der Waals surface area contributed by atoms with E-state index in [4.69, 9.17) is 0 Å². The monoisotopic (exact) mass is 102 g/mol. The van der Waals surface area contributed by atoms with Crippen molar-refractivity contribution in [3.05, 3.63) is 0 Å². The van der Waals surface area contributed by atoms with Crippen LogP contribution in [0.3, 0.4) is 0 Å². The third-order valence-electron chi connectivity index (χ3n) is 0.927. The lowest BCUT2D eigenvalue weighted by Crippen LogP contribution is -2.51. The van der Waals surface area contributed by atoms with Crippen LogP contribution in [0, 0.1) is 5.41 Å². The van der Waals surface area contributed by atoms with Crippen LogP contribution in [0.25, 0.3) is 0 Å². The molecule has 1 nitrogen and oxygen atoms in total. The van der Waals surface area contributed by atoms with Gasteiger partial charge < -0.3 is 5.73 Å². The Labute approximate surface area is 45.9 Å². The Morgan fingerprint density at radius 2 is 1.71 bits per heavy atom. The van der Waals surface area contributed by atoms with Gasteiger partial charge in [0.25, 0.3) is 0 Å². The maximum absolute atomic E-state index is 3.77. The summed E-state index contributed by atoms with van der Waals surface area (Å²) in [6, 6.07) is 0. The summed E-state index contributed by atoms with van der Waals surface area (Å²) in [4.78, 5) is 0. The summed E-state index contributed by atoms with van der Waals surface area (Å²) < 4.78 is 0. The molecule has 0 aromatic rings. The van der Waals surface area contributed by atoms with Crippen LogP contribution in [0.1, 0.15) is 27.2 Å². The van der Waals surface area contributed by atoms with Crippen molar-refractivity contribution in [1.29, 1.82) is 0 Å². The summed E-state index contributed by atoms with van der Waals surface area (Å²) in [5.74, 6) is 0. The Kier molecular flexibility index (Phi) is 2.30. The summed E-state index contributed by atoms with van der Waals surface area (Å²) >= 11 is 0. The van der Waals surface area contributed by atoms with Gasteiger partial charge in [-0.1, -0.05) is 20.8 Å². The predicted molar refractivity (Wildman–Crippen MR) is 31.8 cm³/mol. The molecule has 0 spiro atoms. The lowest BCUT2D eigenvalue weighted by atomic mass is 9.93. The van der Waals surface area contributed by atoms with E-state index in [0.717, 1.165) is 6.54 Å². The summed E-state index contributed by atoms with van der Waals surface area (Å²) in [5.41, 5.74) is 4.26. The maximum atomic E-state index is 3.77. The van der Waals surface area contributed by atoms with Crippen LogP contribution in [0.2, 0.25) is 0 Å². The molecule has 0 aromatic carbocycles. The standard InChI is InChI=1S/C6H15N/c1-6(2,3)4-5-7/h4-5,7H2,1-3H3/p+1. The van der Waals surface area contributed by atoms with E-state index < -0.39 is 0 Å². The molecule has 0 amide bonds. The summed E-state index contributed by atoms with van der Waals surface area (Å²) in [6.07, 6.45) is 1.23. The normalized spacial score (nSPS) is 12.0. The first-order valence-corrected chi connectivity index (χ1v) is 2.85. The molecule has 0 rings (SSSR count). The Morgan fingerprint density at radius 3 is 1.71 bits per heavy atom. The van der Waals surface area contributed by atoms with Crippen molar-refractivity contribution in [2.24, 2.45) is 5.41 Å². The fourth-order valence-corrected chi connectivity index (χ4v) is 0.530. The Morgan fingerprint density at radius 1 is 1.29 bits per heavy atom. The number of hydrogen-bond acceptors (Lipinski definition) is 0. The number of hydrogen-bond donors (Lipinski definition) is 1. The third kappa shape index (κ3) is 5.96. The zero-order valence-corrected chi connectivity index (χ0v) is 5.62. The van der Waals surface area contributed by atoms with Crippen LogP contribution in [0.15, 0.2) is 0 Å². The van der Waals surface area contributed by atoms with Crippen LogP contribution < -0.4 is 5.73 Å². The molecule has 0 saturated carbocycles. The first-order valence-electron chi connectivity index (χ1n) is 2.85. The minimum absolute atomic E-state index is 0.488. The second-order valence-electron chi connectivity index (χ2n) is 3.16. The highest BCUT2D eigenvalue weighted by Gasteiger charge is 2.07. The van der Waals surface area contributed by atoms with Crippen molar-refractivity contribution in [2.45, 2.75) is 27.2 Å². The molecular weight excluding hydrogens is 86.1 g/mol. The highest BCUT2D eigenvalue weighted by Crippen LogP contribution is 2.15. The Bertz CT molecular complexity index is 42.6. The zero-order chi connectivity index (χ0) is 5.91. The molecule has 0 aliphatic rings. The van der Waals surface area contributed by atoms with E-state index in [2.05, 4.69) is 26.5 Å².